The Morgan fingerprint density at radius 1 is 1.15 bits per heavy atom. The second-order valence-electron chi connectivity index (χ2n) is 7.23. The van der Waals surface area contributed by atoms with Crippen LogP contribution in [-0.2, 0) is 13.1 Å². The van der Waals surface area contributed by atoms with Crippen LogP contribution in [0.15, 0.2) is 41.8 Å². The molecule has 1 fully saturated rings. The molecule has 0 unspecified atom stereocenters. The smallest absolute Gasteiger partial charge is 0.0459 e. The summed E-state index contributed by atoms with van der Waals surface area (Å²) in [7, 11) is 0. The summed E-state index contributed by atoms with van der Waals surface area (Å²) in [4.78, 5) is 10.1. The Kier molecular flexibility index (Phi) is 5.41. The molecular weight excluding hydrogens is 342 g/mol. The molecule has 0 radical (unpaired) electrons. The Morgan fingerprint density at radius 3 is 2.81 bits per heavy atom. The molecule has 0 spiro atoms. The molecule has 0 aliphatic carbocycles. The third-order valence-electron chi connectivity index (χ3n) is 5.54. The van der Waals surface area contributed by atoms with Crippen LogP contribution in [0.4, 0.5) is 0 Å². The van der Waals surface area contributed by atoms with Crippen LogP contribution < -0.4 is 0 Å². The van der Waals surface area contributed by atoms with Gasteiger partial charge in [0.15, 0.2) is 0 Å². The number of aromatic nitrogens is 1. The summed E-state index contributed by atoms with van der Waals surface area (Å²) in [6, 6.07) is 13.3. The summed E-state index contributed by atoms with van der Waals surface area (Å²) in [5.74, 6) is 0. The zero-order valence-electron chi connectivity index (χ0n) is 15.3. The number of H-pyrrole nitrogens is 1. The van der Waals surface area contributed by atoms with Crippen molar-refractivity contribution in [3.63, 3.8) is 0 Å². The van der Waals surface area contributed by atoms with E-state index in [0.717, 1.165) is 39.1 Å². The van der Waals surface area contributed by atoms with Crippen LogP contribution in [0, 0.1) is 6.92 Å². The van der Waals surface area contributed by atoms with Gasteiger partial charge in [0.25, 0.3) is 0 Å². The molecule has 1 aromatic carbocycles. The standard InChI is InChI=1S/C21H27N3OS/c1-16-19-6-2-3-7-20(19)22-21(16)15-23-9-10-24(17(13-23)8-11-25)14-18-5-4-12-26-18/h2-7,12,17,22,25H,8-11,13-15H2,1H3/t17-/m1/s1. The number of nitrogens with zero attached hydrogens (tertiary/aromatic N) is 2. The first-order valence-electron chi connectivity index (χ1n) is 9.40. The van der Waals surface area contributed by atoms with Gasteiger partial charge in [0.2, 0.25) is 0 Å². The topological polar surface area (TPSA) is 42.5 Å². The SMILES string of the molecule is Cc1c(CN2CCN(Cc3cccs3)[C@H](CCO)C2)[nH]c2ccccc12. The number of hydrogen-bond donors (Lipinski definition) is 2. The second-order valence-corrected chi connectivity index (χ2v) is 8.26. The maximum absolute atomic E-state index is 9.53. The van der Waals surface area contributed by atoms with E-state index in [-0.39, 0.29) is 6.61 Å². The number of rotatable bonds is 6. The lowest BCUT2D eigenvalue weighted by molar-refractivity contribution is 0.0501. The molecule has 3 aromatic rings. The number of aliphatic hydroxyl groups is 1. The van der Waals surface area contributed by atoms with Crippen molar-refractivity contribution in [2.24, 2.45) is 0 Å². The fraction of sp³-hybridized carbons (Fsp3) is 0.429. The number of hydrogen-bond acceptors (Lipinski definition) is 4. The van der Waals surface area contributed by atoms with Crippen LogP contribution >= 0.6 is 11.3 Å². The van der Waals surface area contributed by atoms with Gasteiger partial charge in [0.05, 0.1) is 0 Å². The van der Waals surface area contributed by atoms with Crippen molar-refractivity contribution in [3.8, 4) is 0 Å². The molecule has 1 atom stereocenters. The van der Waals surface area contributed by atoms with Gasteiger partial charge in [-0.25, -0.2) is 0 Å². The Balaban J connectivity index is 1.45. The Bertz CT molecular complexity index is 842. The number of aliphatic hydroxyl groups excluding tert-OH is 1. The number of piperazine rings is 1. The maximum atomic E-state index is 9.53. The van der Waals surface area contributed by atoms with Crippen molar-refractivity contribution in [2.45, 2.75) is 32.5 Å². The summed E-state index contributed by atoms with van der Waals surface area (Å²) < 4.78 is 0. The van der Waals surface area contributed by atoms with Gasteiger partial charge in [-0.3, -0.25) is 9.80 Å². The number of thiophene rings is 1. The van der Waals surface area contributed by atoms with E-state index in [2.05, 4.69) is 63.5 Å². The molecule has 2 N–H and O–H groups in total. The molecule has 3 heterocycles. The number of benzene rings is 1. The van der Waals surface area contributed by atoms with E-state index in [9.17, 15) is 5.11 Å². The van der Waals surface area contributed by atoms with Crippen molar-refractivity contribution in [1.82, 2.24) is 14.8 Å². The fourth-order valence-electron chi connectivity index (χ4n) is 4.05. The van der Waals surface area contributed by atoms with Crippen LogP contribution in [0.3, 0.4) is 0 Å². The van der Waals surface area contributed by atoms with Gasteiger partial charge in [-0.15, -0.1) is 11.3 Å². The minimum absolute atomic E-state index is 0.255. The molecule has 26 heavy (non-hydrogen) atoms. The lowest BCUT2D eigenvalue weighted by atomic mass is 10.1. The lowest BCUT2D eigenvalue weighted by Crippen LogP contribution is -2.52. The van der Waals surface area contributed by atoms with Crippen LogP contribution in [0.25, 0.3) is 10.9 Å². The largest absolute Gasteiger partial charge is 0.396 e. The highest BCUT2D eigenvalue weighted by Crippen LogP contribution is 2.24. The van der Waals surface area contributed by atoms with Crippen LogP contribution in [0.2, 0.25) is 0 Å². The first kappa shape index (κ1) is 17.7. The number of para-hydroxylation sites is 1. The fourth-order valence-corrected chi connectivity index (χ4v) is 4.78. The number of aryl methyl sites for hydroxylation is 1. The summed E-state index contributed by atoms with van der Waals surface area (Å²) in [5.41, 5.74) is 3.91. The zero-order valence-corrected chi connectivity index (χ0v) is 16.1. The molecule has 1 saturated heterocycles. The van der Waals surface area contributed by atoms with Crippen molar-refractivity contribution in [2.75, 3.05) is 26.2 Å². The van der Waals surface area contributed by atoms with Crippen LogP contribution in [0.5, 0.6) is 0 Å². The van der Waals surface area contributed by atoms with E-state index in [1.54, 1.807) is 0 Å². The first-order chi connectivity index (χ1) is 12.7. The van der Waals surface area contributed by atoms with Gasteiger partial charge in [-0.2, -0.15) is 0 Å². The van der Waals surface area contributed by atoms with Gasteiger partial charge < -0.3 is 10.1 Å². The summed E-state index contributed by atoms with van der Waals surface area (Å²) >= 11 is 1.82. The summed E-state index contributed by atoms with van der Waals surface area (Å²) in [6.45, 7) is 7.57. The molecule has 1 aliphatic heterocycles. The molecule has 4 nitrogen and oxygen atoms in total. The molecule has 0 saturated carbocycles. The van der Waals surface area contributed by atoms with Gasteiger partial charge in [0.1, 0.15) is 0 Å². The maximum Gasteiger partial charge on any atom is 0.0459 e. The average Bonchev–Trinajstić information content (AvgIpc) is 3.26. The summed E-state index contributed by atoms with van der Waals surface area (Å²) in [6.07, 6.45) is 0.841. The number of fused-ring (bicyclic) bond motifs is 1. The van der Waals surface area contributed by atoms with E-state index in [4.69, 9.17) is 0 Å². The molecule has 138 valence electrons. The minimum Gasteiger partial charge on any atom is -0.396 e. The first-order valence-corrected chi connectivity index (χ1v) is 10.3. The number of aromatic amines is 1. The number of nitrogens with one attached hydrogen (secondary N) is 1. The molecule has 4 rings (SSSR count). The summed E-state index contributed by atoms with van der Waals surface area (Å²) in [5, 5.41) is 13.0. The molecule has 1 aliphatic rings. The molecule has 2 aromatic heterocycles. The molecule has 0 amide bonds. The molecular formula is C21H27N3OS. The third kappa shape index (κ3) is 3.71. The van der Waals surface area contributed by atoms with E-state index in [1.807, 2.05) is 11.3 Å². The van der Waals surface area contributed by atoms with Crippen molar-refractivity contribution >= 4 is 22.2 Å². The predicted molar refractivity (Wildman–Crippen MR) is 109 cm³/mol. The second kappa shape index (κ2) is 7.92. The van der Waals surface area contributed by atoms with E-state index < -0.39 is 0 Å². The van der Waals surface area contributed by atoms with E-state index in [0.29, 0.717) is 6.04 Å². The van der Waals surface area contributed by atoms with Crippen LogP contribution in [-0.4, -0.2) is 52.2 Å². The van der Waals surface area contributed by atoms with Crippen molar-refractivity contribution in [3.05, 3.63) is 57.9 Å². The Morgan fingerprint density at radius 2 is 2.04 bits per heavy atom. The minimum atomic E-state index is 0.255. The highest BCUT2D eigenvalue weighted by atomic mass is 32.1. The third-order valence-corrected chi connectivity index (χ3v) is 6.40. The quantitative estimate of drug-likeness (QED) is 0.698. The normalized spacial score (nSPS) is 19.4. The van der Waals surface area contributed by atoms with Gasteiger partial charge in [-0.1, -0.05) is 24.3 Å². The van der Waals surface area contributed by atoms with Gasteiger partial charge in [0, 0.05) is 66.8 Å². The van der Waals surface area contributed by atoms with E-state index in [1.165, 1.54) is 27.0 Å². The monoisotopic (exact) mass is 369 g/mol. The van der Waals surface area contributed by atoms with Crippen molar-refractivity contribution < 1.29 is 5.11 Å². The molecule has 0 bridgehead atoms. The zero-order chi connectivity index (χ0) is 17.9. The average molecular weight is 370 g/mol. The Hall–Kier alpha value is -1.66. The van der Waals surface area contributed by atoms with Gasteiger partial charge in [-0.05, 0) is 36.4 Å². The van der Waals surface area contributed by atoms with Crippen molar-refractivity contribution in [1.29, 1.82) is 0 Å². The van der Waals surface area contributed by atoms with Crippen LogP contribution in [0.1, 0.15) is 22.6 Å². The predicted octanol–water partition coefficient (Wildman–Crippen LogP) is 3.61. The highest BCUT2D eigenvalue weighted by Gasteiger charge is 2.27. The van der Waals surface area contributed by atoms with Gasteiger partial charge >= 0.3 is 0 Å². The Labute approximate surface area is 159 Å². The highest BCUT2D eigenvalue weighted by molar-refractivity contribution is 7.09. The van der Waals surface area contributed by atoms with E-state index >= 15 is 0 Å². The lowest BCUT2D eigenvalue weighted by Gasteiger charge is -2.41. The molecule has 5 heteroatoms.